The molecule has 1 aliphatic heterocycles. The Morgan fingerprint density at radius 2 is 2.05 bits per heavy atom. The first-order valence-corrected chi connectivity index (χ1v) is 7.29. The van der Waals surface area contributed by atoms with Crippen molar-refractivity contribution in [1.29, 1.82) is 0 Å². The average molecular weight is 288 g/mol. The van der Waals surface area contributed by atoms with Crippen LogP contribution >= 0.6 is 11.6 Å². The molecule has 0 saturated heterocycles. The zero-order valence-electron chi connectivity index (χ0n) is 11.5. The van der Waals surface area contributed by atoms with Gasteiger partial charge in [-0.2, -0.15) is 0 Å². The maximum atomic E-state index is 6.22. The SMILES string of the molecule is COc1cc2c(cc1Cl)CCNC2Cc1ccccc1. The highest BCUT2D eigenvalue weighted by Gasteiger charge is 2.21. The third-order valence-electron chi connectivity index (χ3n) is 3.86. The number of nitrogens with one attached hydrogen (secondary N) is 1. The Balaban J connectivity index is 1.93. The number of ether oxygens (including phenoxy) is 1. The van der Waals surface area contributed by atoms with Crippen molar-refractivity contribution < 1.29 is 4.74 Å². The van der Waals surface area contributed by atoms with E-state index < -0.39 is 0 Å². The number of hydrogen-bond acceptors (Lipinski definition) is 2. The van der Waals surface area contributed by atoms with Gasteiger partial charge in [0, 0.05) is 6.04 Å². The summed E-state index contributed by atoms with van der Waals surface area (Å²) in [6.07, 6.45) is 2.00. The molecule has 0 radical (unpaired) electrons. The topological polar surface area (TPSA) is 21.3 Å². The molecule has 3 heteroatoms. The Morgan fingerprint density at radius 1 is 1.25 bits per heavy atom. The van der Waals surface area contributed by atoms with E-state index in [0.717, 1.165) is 25.1 Å². The lowest BCUT2D eigenvalue weighted by Gasteiger charge is -2.28. The van der Waals surface area contributed by atoms with E-state index in [9.17, 15) is 0 Å². The monoisotopic (exact) mass is 287 g/mol. The Kier molecular flexibility index (Phi) is 3.95. The van der Waals surface area contributed by atoms with Crippen molar-refractivity contribution in [2.24, 2.45) is 0 Å². The first kappa shape index (κ1) is 13.5. The van der Waals surface area contributed by atoms with Crippen molar-refractivity contribution in [3.8, 4) is 5.75 Å². The van der Waals surface area contributed by atoms with Gasteiger partial charge in [-0.1, -0.05) is 41.9 Å². The van der Waals surface area contributed by atoms with Gasteiger partial charge in [0.1, 0.15) is 5.75 Å². The van der Waals surface area contributed by atoms with Gasteiger partial charge in [0.05, 0.1) is 12.1 Å². The highest BCUT2D eigenvalue weighted by molar-refractivity contribution is 6.32. The van der Waals surface area contributed by atoms with Crippen LogP contribution in [-0.4, -0.2) is 13.7 Å². The van der Waals surface area contributed by atoms with Crippen molar-refractivity contribution in [3.63, 3.8) is 0 Å². The molecule has 2 nitrogen and oxygen atoms in total. The lowest BCUT2D eigenvalue weighted by molar-refractivity contribution is 0.411. The highest BCUT2D eigenvalue weighted by Crippen LogP contribution is 2.34. The minimum Gasteiger partial charge on any atom is -0.495 e. The summed E-state index contributed by atoms with van der Waals surface area (Å²) in [5.74, 6) is 0.757. The summed E-state index contributed by atoms with van der Waals surface area (Å²) in [5, 5.41) is 4.30. The van der Waals surface area contributed by atoms with Gasteiger partial charge < -0.3 is 10.1 Å². The minimum atomic E-state index is 0.326. The van der Waals surface area contributed by atoms with Gasteiger partial charge in [0.15, 0.2) is 0 Å². The van der Waals surface area contributed by atoms with E-state index in [1.54, 1.807) is 7.11 Å². The molecule has 0 spiro atoms. The Bertz CT molecular complexity index is 597. The quantitative estimate of drug-likeness (QED) is 0.928. The van der Waals surface area contributed by atoms with Crippen LogP contribution in [0.3, 0.4) is 0 Å². The molecular weight excluding hydrogens is 270 g/mol. The molecule has 2 aromatic rings. The Hall–Kier alpha value is -1.51. The van der Waals surface area contributed by atoms with E-state index in [1.165, 1.54) is 16.7 Å². The second-order valence-corrected chi connectivity index (χ2v) is 5.54. The van der Waals surface area contributed by atoms with Crippen molar-refractivity contribution in [3.05, 3.63) is 64.2 Å². The van der Waals surface area contributed by atoms with E-state index in [2.05, 4.69) is 47.8 Å². The van der Waals surface area contributed by atoms with Gasteiger partial charge in [-0.25, -0.2) is 0 Å². The fourth-order valence-corrected chi connectivity index (χ4v) is 3.09. The molecule has 0 aliphatic carbocycles. The van der Waals surface area contributed by atoms with E-state index in [1.807, 2.05) is 0 Å². The molecule has 0 aromatic heterocycles. The summed E-state index contributed by atoms with van der Waals surface area (Å²) >= 11 is 6.22. The summed E-state index contributed by atoms with van der Waals surface area (Å²) in [6, 6.07) is 15.0. The molecule has 0 bridgehead atoms. The van der Waals surface area contributed by atoms with Crippen LogP contribution in [0.25, 0.3) is 0 Å². The second kappa shape index (κ2) is 5.86. The van der Waals surface area contributed by atoms with Crippen molar-refractivity contribution >= 4 is 11.6 Å². The van der Waals surface area contributed by atoms with Crippen LogP contribution in [0.4, 0.5) is 0 Å². The largest absolute Gasteiger partial charge is 0.495 e. The van der Waals surface area contributed by atoms with Crippen LogP contribution < -0.4 is 10.1 Å². The Labute approximate surface area is 124 Å². The van der Waals surface area contributed by atoms with Crippen LogP contribution in [0.15, 0.2) is 42.5 Å². The zero-order valence-corrected chi connectivity index (χ0v) is 12.3. The number of rotatable bonds is 3. The molecule has 1 atom stereocenters. The van der Waals surface area contributed by atoms with Gasteiger partial charge >= 0.3 is 0 Å². The summed E-state index contributed by atoms with van der Waals surface area (Å²) in [6.45, 7) is 0.993. The molecule has 0 amide bonds. The Morgan fingerprint density at radius 3 is 2.80 bits per heavy atom. The molecule has 20 heavy (non-hydrogen) atoms. The standard InChI is InChI=1S/C17H18ClNO/c1-20-17-11-14-13(10-15(17)18)7-8-19-16(14)9-12-5-3-2-4-6-12/h2-6,10-11,16,19H,7-9H2,1H3. The van der Waals surface area contributed by atoms with E-state index >= 15 is 0 Å². The van der Waals surface area contributed by atoms with Crippen molar-refractivity contribution in [2.75, 3.05) is 13.7 Å². The summed E-state index contributed by atoms with van der Waals surface area (Å²) in [7, 11) is 1.66. The van der Waals surface area contributed by atoms with Crippen LogP contribution in [-0.2, 0) is 12.8 Å². The molecule has 2 aromatic carbocycles. The van der Waals surface area contributed by atoms with Gasteiger partial charge in [0.25, 0.3) is 0 Å². The highest BCUT2D eigenvalue weighted by atomic mass is 35.5. The molecule has 1 aliphatic rings. The number of methoxy groups -OCH3 is 1. The summed E-state index contributed by atoms with van der Waals surface area (Å²) in [4.78, 5) is 0. The molecule has 1 N–H and O–H groups in total. The summed E-state index contributed by atoms with van der Waals surface area (Å²) < 4.78 is 5.35. The predicted octanol–water partition coefficient (Wildman–Crippen LogP) is 3.78. The lowest BCUT2D eigenvalue weighted by atomic mass is 9.90. The minimum absolute atomic E-state index is 0.326. The van der Waals surface area contributed by atoms with Crippen molar-refractivity contribution in [1.82, 2.24) is 5.32 Å². The van der Waals surface area contributed by atoms with Gasteiger partial charge in [-0.05, 0) is 48.2 Å². The fourth-order valence-electron chi connectivity index (χ4n) is 2.83. The third-order valence-corrected chi connectivity index (χ3v) is 4.15. The first-order chi connectivity index (χ1) is 9.78. The van der Waals surface area contributed by atoms with E-state index in [0.29, 0.717) is 11.1 Å². The van der Waals surface area contributed by atoms with Crippen molar-refractivity contribution in [2.45, 2.75) is 18.9 Å². The molecule has 104 valence electrons. The number of halogens is 1. The lowest BCUT2D eigenvalue weighted by Crippen LogP contribution is -2.31. The molecule has 0 saturated carbocycles. The molecular formula is C17H18ClNO. The van der Waals surface area contributed by atoms with Crippen LogP contribution in [0.1, 0.15) is 22.7 Å². The smallest absolute Gasteiger partial charge is 0.137 e. The van der Waals surface area contributed by atoms with Crippen LogP contribution in [0.2, 0.25) is 5.02 Å². The van der Waals surface area contributed by atoms with E-state index in [4.69, 9.17) is 16.3 Å². The third kappa shape index (κ3) is 2.67. The average Bonchev–Trinajstić information content (AvgIpc) is 2.48. The van der Waals surface area contributed by atoms with Crippen LogP contribution in [0, 0.1) is 0 Å². The molecule has 1 heterocycles. The number of hydrogen-bond donors (Lipinski definition) is 1. The zero-order chi connectivity index (χ0) is 13.9. The fraction of sp³-hybridized carbons (Fsp3) is 0.294. The second-order valence-electron chi connectivity index (χ2n) is 5.13. The van der Waals surface area contributed by atoms with E-state index in [-0.39, 0.29) is 0 Å². The number of benzene rings is 2. The molecule has 1 unspecified atom stereocenters. The summed E-state index contributed by atoms with van der Waals surface area (Å²) in [5.41, 5.74) is 3.98. The van der Waals surface area contributed by atoms with Crippen LogP contribution in [0.5, 0.6) is 5.75 Å². The molecule has 0 fully saturated rings. The van der Waals surface area contributed by atoms with Gasteiger partial charge in [0.2, 0.25) is 0 Å². The van der Waals surface area contributed by atoms with Gasteiger partial charge in [-0.3, -0.25) is 0 Å². The first-order valence-electron chi connectivity index (χ1n) is 6.91. The normalized spacial score (nSPS) is 17.6. The number of fused-ring (bicyclic) bond motifs is 1. The van der Waals surface area contributed by atoms with Gasteiger partial charge in [-0.15, -0.1) is 0 Å². The predicted molar refractivity (Wildman–Crippen MR) is 82.6 cm³/mol. The maximum absolute atomic E-state index is 6.22. The maximum Gasteiger partial charge on any atom is 0.137 e. The molecule has 3 rings (SSSR count).